The van der Waals surface area contributed by atoms with Gasteiger partial charge >= 0.3 is 0 Å². The van der Waals surface area contributed by atoms with Crippen molar-refractivity contribution in [2.75, 3.05) is 39.4 Å². The largest absolute Gasteiger partial charge is 0.381 e. The zero-order chi connectivity index (χ0) is 17.0. The van der Waals surface area contributed by atoms with Crippen LogP contribution in [0.15, 0.2) is 23.2 Å². The maximum Gasteiger partial charge on any atom is 0.193 e. The van der Waals surface area contributed by atoms with Crippen LogP contribution in [0.4, 0.5) is 0 Å². The number of likely N-dealkylation sites (tertiary alicyclic amines) is 1. The lowest BCUT2D eigenvalue weighted by atomic mass is 9.87. The molecule has 0 aromatic heterocycles. The molecule has 2 heterocycles. The van der Waals surface area contributed by atoms with Gasteiger partial charge in [0.15, 0.2) is 5.96 Å². The van der Waals surface area contributed by atoms with Gasteiger partial charge in [-0.25, -0.2) is 0 Å². The minimum atomic E-state index is 0.336. The zero-order valence-corrected chi connectivity index (χ0v) is 15.7. The number of ether oxygens (including phenoxy) is 1. The highest BCUT2D eigenvalue weighted by atomic mass is 35.5. The Balaban J connectivity index is 1.64. The van der Waals surface area contributed by atoms with Gasteiger partial charge < -0.3 is 15.0 Å². The summed E-state index contributed by atoms with van der Waals surface area (Å²) in [6.45, 7) is 7.50. The fraction of sp³-hybridized carbons (Fsp3) is 0.611. The second-order valence-electron chi connectivity index (χ2n) is 6.66. The summed E-state index contributed by atoms with van der Waals surface area (Å²) in [5.74, 6) is 0.990. The third-order valence-corrected chi connectivity index (χ3v) is 5.65. The number of rotatable bonds is 4. The van der Waals surface area contributed by atoms with E-state index >= 15 is 0 Å². The van der Waals surface area contributed by atoms with Gasteiger partial charge in [0.05, 0.1) is 6.61 Å². The van der Waals surface area contributed by atoms with Crippen LogP contribution in [-0.4, -0.2) is 50.3 Å². The normalized spacial score (nSPS) is 24.1. The SMILES string of the molecule is CCNC(=NCCc1c(Cl)cccc1Cl)N1CCC2(CCOC2)C1. The van der Waals surface area contributed by atoms with Crippen molar-refractivity contribution in [3.8, 4) is 0 Å². The molecule has 2 aliphatic heterocycles. The van der Waals surface area contributed by atoms with E-state index in [1.165, 1.54) is 6.42 Å². The lowest BCUT2D eigenvalue weighted by Gasteiger charge is -2.25. The summed E-state index contributed by atoms with van der Waals surface area (Å²) in [5, 5.41) is 4.84. The third kappa shape index (κ3) is 3.98. The van der Waals surface area contributed by atoms with Crippen molar-refractivity contribution in [3.05, 3.63) is 33.8 Å². The van der Waals surface area contributed by atoms with E-state index in [0.717, 1.165) is 57.2 Å². The number of benzene rings is 1. The van der Waals surface area contributed by atoms with Crippen LogP contribution in [-0.2, 0) is 11.2 Å². The van der Waals surface area contributed by atoms with Crippen LogP contribution < -0.4 is 5.32 Å². The molecule has 1 aromatic carbocycles. The average Bonchev–Trinajstić information content (AvgIpc) is 3.20. The van der Waals surface area contributed by atoms with Crippen LogP contribution in [0.5, 0.6) is 0 Å². The number of guanidine groups is 1. The highest BCUT2D eigenvalue weighted by molar-refractivity contribution is 6.35. The van der Waals surface area contributed by atoms with Gasteiger partial charge in [0.2, 0.25) is 0 Å². The minimum Gasteiger partial charge on any atom is -0.381 e. The number of aliphatic imine (C=N–C) groups is 1. The van der Waals surface area contributed by atoms with E-state index in [-0.39, 0.29) is 0 Å². The van der Waals surface area contributed by atoms with Gasteiger partial charge in [0.25, 0.3) is 0 Å². The molecule has 1 spiro atoms. The summed E-state index contributed by atoms with van der Waals surface area (Å²) in [5.41, 5.74) is 1.31. The van der Waals surface area contributed by atoms with E-state index < -0.39 is 0 Å². The predicted octanol–water partition coefficient (Wildman–Crippen LogP) is 3.61. The van der Waals surface area contributed by atoms with E-state index in [4.69, 9.17) is 32.9 Å². The van der Waals surface area contributed by atoms with Crippen LogP contribution in [0.1, 0.15) is 25.3 Å². The van der Waals surface area contributed by atoms with Crippen molar-refractivity contribution in [2.24, 2.45) is 10.4 Å². The number of nitrogens with one attached hydrogen (secondary N) is 1. The van der Waals surface area contributed by atoms with Crippen molar-refractivity contribution in [3.63, 3.8) is 0 Å². The van der Waals surface area contributed by atoms with Crippen molar-refractivity contribution < 1.29 is 4.74 Å². The first-order valence-electron chi connectivity index (χ1n) is 8.67. The van der Waals surface area contributed by atoms with Crippen LogP contribution in [0.25, 0.3) is 0 Å². The van der Waals surface area contributed by atoms with Crippen LogP contribution >= 0.6 is 23.2 Å². The molecule has 1 aromatic rings. The van der Waals surface area contributed by atoms with Crippen LogP contribution in [0, 0.1) is 5.41 Å². The van der Waals surface area contributed by atoms with Gasteiger partial charge in [-0.1, -0.05) is 29.3 Å². The highest BCUT2D eigenvalue weighted by Crippen LogP contribution is 2.38. The predicted molar refractivity (Wildman–Crippen MR) is 100 cm³/mol. The summed E-state index contributed by atoms with van der Waals surface area (Å²) in [6, 6.07) is 5.62. The number of hydrogen-bond donors (Lipinski definition) is 1. The van der Waals surface area contributed by atoms with Crippen LogP contribution in [0.2, 0.25) is 10.0 Å². The molecular formula is C18H25Cl2N3O. The Labute approximate surface area is 154 Å². The highest BCUT2D eigenvalue weighted by Gasteiger charge is 2.42. The van der Waals surface area contributed by atoms with Crippen molar-refractivity contribution in [1.29, 1.82) is 0 Å². The smallest absolute Gasteiger partial charge is 0.193 e. The molecule has 1 N–H and O–H groups in total. The Morgan fingerprint density at radius 3 is 2.79 bits per heavy atom. The number of halogens is 2. The molecule has 1 atom stereocenters. The molecule has 4 nitrogen and oxygen atoms in total. The first kappa shape index (κ1) is 17.8. The van der Waals surface area contributed by atoms with Crippen molar-refractivity contribution in [1.82, 2.24) is 10.2 Å². The summed E-state index contributed by atoms with van der Waals surface area (Å²) >= 11 is 12.5. The van der Waals surface area contributed by atoms with Gasteiger partial charge in [-0.15, -0.1) is 0 Å². The molecule has 1 unspecified atom stereocenters. The standard InChI is InChI=1S/C18H25Cl2N3O/c1-2-21-17(23-10-7-18(12-23)8-11-24-13-18)22-9-6-14-15(19)4-3-5-16(14)20/h3-5H,2,6-13H2,1H3,(H,21,22). The maximum absolute atomic E-state index is 6.24. The molecule has 2 aliphatic rings. The van der Waals surface area contributed by atoms with Gasteiger partial charge in [-0.05, 0) is 43.9 Å². The fourth-order valence-corrected chi connectivity index (χ4v) is 4.14. The molecule has 3 rings (SSSR count). The average molecular weight is 370 g/mol. The Bertz CT molecular complexity index is 580. The van der Waals surface area contributed by atoms with Gasteiger partial charge in [0.1, 0.15) is 0 Å². The fourth-order valence-electron chi connectivity index (χ4n) is 3.56. The third-order valence-electron chi connectivity index (χ3n) is 4.94. The Morgan fingerprint density at radius 2 is 2.12 bits per heavy atom. The van der Waals surface area contributed by atoms with E-state index in [9.17, 15) is 0 Å². The molecule has 2 saturated heterocycles. The maximum atomic E-state index is 6.24. The Hall–Kier alpha value is -0.970. The van der Waals surface area contributed by atoms with E-state index in [1.54, 1.807) is 0 Å². The Kier molecular flexibility index (Phi) is 5.90. The quantitative estimate of drug-likeness (QED) is 0.650. The zero-order valence-electron chi connectivity index (χ0n) is 14.2. The molecule has 0 bridgehead atoms. The monoisotopic (exact) mass is 369 g/mol. The van der Waals surface area contributed by atoms with E-state index in [2.05, 4.69) is 17.1 Å². The molecule has 2 fully saturated rings. The Morgan fingerprint density at radius 1 is 1.33 bits per heavy atom. The summed E-state index contributed by atoms with van der Waals surface area (Å²) in [7, 11) is 0. The first-order valence-corrected chi connectivity index (χ1v) is 9.43. The lowest BCUT2D eigenvalue weighted by molar-refractivity contribution is 0.156. The molecule has 6 heteroatoms. The summed E-state index contributed by atoms with van der Waals surface area (Å²) < 4.78 is 5.62. The van der Waals surface area contributed by atoms with Gasteiger partial charge in [-0.3, -0.25) is 4.99 Å². The van der Waals surface area contributed by atoms with Crippen molar-refractivity contribution in [2.45, 2.75) is 26.2 Å². The van der Waals surface area contributed by atoms with E-state index in [0.29, 0.717) is 22.0 Å². The summed E-state index contributed by atoms with van der Waals surface area (Å²) in [6.07, 6.45) is 3.10. The molecule has 24 heavy (non-hydrogen) atoms. The second kappa shape index (κ2) is 7.94. The molecule has 0 radical (unpaired) electrons. The molecule has 0 aliphatic carbocycles. The van der Waals surface area contributed by atoms with Gasteiger partial charge in [0, 0.05) is 48.2 Å². The second-order valence-corrected chi connectivity index (χ2v) is 7.47. The van der Waals surface area contributed by atoms with E-state index in [1.807, 2.05) is 18.2 Å². The number of nitrogens with zero attached hydrogens (tertiary/aromatic N) is 2. The first-order chi connectivity index (χ1) is 11.6. The van der Waals surface area contributed by atoms with Gasteiger partial charge in [-0.2, -0.15) is 0 Å². The number of hydrogen-bond acceptors (Lipinski definition) is 2. The lowest BCUT2D eigenvalue weighted by Crippen LogP contribution is -2.41. The van der Waals surface area contributed by atoms with Crippen molar-refractivity contribution >= 4 is 29.2 Å². The molecule has 0 amide bonds. The summed E-state index contributed by atoms with van der Waals surface area (Å²) in [4.78, 5) is 7.17. The molecule has 132 valence electrons. The molecule has 0 saturated carbocycles. The van der Waals surface area contributed by atoms with Crippen LogP contribution in [0.3, 0.4) is 0 Å². The minimum absolute atomic E-state index is 0.336. The molecular weight excluding hydrogens is 345 g/mol. The topological polar surface area (TPSA) is 36.9 Å².